The molecule has 0 aliphatic carbocycles. The van der Waals surface area contributed by atoms with Crippen LogP contribution in [0.25, 0.3) is 22.3 Å². The molecule has 0 unspecified atom stereocenters. The molecule has 0 saturated carbocycles. The molecular weight excluding hydrogens is 281 g/mol. The third-order valence-corrected chi connectivity index (χ3v) is 3.20. The highest BCUT2D eigenvalue weighted by Crippen LogP contribution is 2.38. The van der Waals surface area contributed by atoms with E-state index in [1.165, 1.54) is 0 Å². The molecule has 0 amide bonds. The van der Waals surface area contributed by atoms with Gasteiger partial charge in [-0.1, -0.05) is 29.8 Å². The smallest absolute Gasteiger partial charge is 0.383 e. The molecule has 21 heavy (non-hydrogen) atoms. The summed E-state index contributed by atoms with van der Waals surface area (Å²) in [6.07, 6.45) is -4.53. The van der Waals surface area contributed by atoms with Gasteiger partial charge in [-0.15, -0.1) is 0 Å². The standard InChI is InChI=1S/C14H11F3N4/c1-7-2-4-8(5-3-7)10-6-9(14(15,16)17)11-12(18)20-21-13(11)19-10/h2-6H,1H3,(H3,18,19,20,21). The maximum atomic E-state index is 13.2. The number of halogens is 3. The van der Waals surface area contributed by atoms with Gasteiger partial charge in [0.2, 0.25) is 0 Å². The monoisotopic (exact) mass is 292 g/mol. The summed E-state index contributed by atoms with van der Waals surface area (Å²) in [7, 11) is 0. The number of rotatable bonds is 1. The second-order valence-electron chi connectivity index (χ2n) is 4.75. The van der Waals surface area contributed by atoms with Gasteiger partial charge in [-0.2, -0.15) is 18.3 Å². The van der Waals surface area contributed by atoms with Crippen molar-refractivity contribution in [1.82, 2.24) is 15.2 Å². The predicted molar refractivity (Wildman–Crippen MR) is 73.5 cm³/mol. The number of hydrogen-bond acceptors (Lipinski definition) is 3. The minimum Gasteiger partial charge on any atom is -0.383 e. The van der Waals surface area contributed by atoms with Gasteiger partial charge in [-0.3, -0.25) is 5.10 Å². The maximum absolute atomic E-state index is 13.2. The quantitative estimate of drug-likeness (QED) is 0.721. The summed E-state index contributed by atoms with van der Waals surface area (Å²) in [5.41, 5.74) is 6.46. The third kappa shape index (κ3) is 2.31. The van der Waals surface area contributed by atoms with Gasteiger partial charge in [0.25, 0.3) is 0 Å². The van der Waals surface area contributed by atoms with Crippen molar-refractivity contribution in [2.24, 2.45) is 0 Å². The second kappa shape index (κ2) is 4.47. The number of aromatic amines is 1. The van der Waals surface area contributed by atoms with Crippen LogP contribution >= 0.6 is 0 Å². The van der Waals surface area contributed by atoms with Crippen molar-refractivity contribution >= 4 is 16.9 Å². The van der Waals surface area contributed by atoms with Crippen LogP contribution in [0, 0.1) is 6.92 Å². The van der Waals surface area contributed by atoms with Gasteiger partial charge in [0.15, 0.2) is 5.65 Å². The number of nitrogens with zero attached hydrogens (tertiary/aromatic N) is 2. The Labute approximate surface area is 117 Å². The topological polar surface area (TPSA) is 67.6 Å². The number of pyridine rings is 1. The molecular formula is C14H11F3N4. The lowest BCUT2D eigenvalue weighted by Crippen LogP contribution is -2.07. The average Bonchev–Trinajstić information content (AvgIpc) is 2.79. The fourth-order valence-electron chi connectivity index (χ4n) is 2.14. The van der Waals surface area contributed by atoms with Crippen LogP contribution in [0.3, 0.4) is 0 Å². The van der Waals surface area contributed by atoms with Gasteiger partial charge >= 0.3 is 6.18 Å². The summed E-state index contributed by atoms with van der Waals surface area (Å²) in [5, 5.41) is 5.88. The Kier molecular flexibility index (Phi) is 2.86. The zero-order valence-electron chi connectivity index (χ0n) is 11.0. The van der Waals surface area contributed by atoms with E-state index in [4.69, 9.17) is 5.73 Å². The maximum Gasteiger partial charge on any atom is 0.417 e. The molecule has 0 radical (unpaired) electrons. The number of nitrogen functional groups attached to an aromatic ring is 1. The van der Waals surface area contributed by atoms with E-state index >= 15 is 0 Å². The minimum atomic E-state index is -4.53. The van der Waals surface area contributed by atoms with Crippen molar-refractivity contribution in [3.8, 4) is 11.3 Å². The van der Waals surface area contributed by atoms with E-state index in [9.17, 15) is 13.2 Å². The molecule has 3 aromatic rings. The lowest BCUT2D eigenvalue weighted by molar-refractivity contribution is -0.136. The molecule has 4 nitrogen and oxygen atoms in total. The van der Waals surface area contributed by atoms with Crippen LogP contribution in [0.1, 0.15) is 11.1 Å². The SMILES string of the molecule is Cc1ccc(-c2cc(C(F)(F)F)c3c(N)[nH]nc3n2)cc1. The minimum absolute atomic E-state index is 0.0436. The van der Waals surface area contributed by atoms with Crippen molar-refractivity contribution in [2.75, 3.05) is 5.73 Å². The number of hydrogen-bond donors (Lipinski definition) is 2. The predicted octanol–water partition coefficient (Wildman–Crippen LogP) is 3.53. The Morgan fingerprint density at radius 1 is 1.14 bits per heavy atom. The highest BCUT2D eigenvalue weighted by molar-refractivity contribution is 5.91. The Morgan fingerprint density at radius 3 is 2.43 bits per heavy atom. The first kappa shape index (κ1) is 13.4. The number of aryl methyl sites for hydroxylation is 1. The van der Waals surface area contributed by atoms with Crippen LogP contribution in [-0.2, 0) is 6.18 Å². The van der Waals surface area contributed by atoms with E-state index in [0.29, 0.717) is 5.56 Å². The lowest BCUT2D eigenvalue weighted by atomic mass is 10.1. The number of anilines is 1. The highest BCUT2D eigenvalue weighted by atomic mass is 19.4. The van der Waals surface area contributed by atoms with Crippen LogP contribution in [0.15, 0.2) is 30.3 Å². The normalized spacial score (nSPS) is 12.0. The zero-order valence-corrected chi connectivity index (χ0v) is 11.0. The summed E-state index contributed by atoms with van der Waals surface area (Å²) in [4.78, 5) is 4.15. The third-order valence-electron chi connectivity index (χ3n) is 3.20. The summed E-state index contributed by atoms with van der Waals surface area (Å²) < 4.78 is 39.6. The molecule has 0 aliphatic heterocycles. The zero-order chi connectivity index (χ0) is 15.2. The number of H-pyrrole nitrogens is 1. The Morgan fingerprint density at radius 2 is 1.81 bits per heavy atom. The molecule has 3 N–H and O–H groups in total. The Hall–Kier alpha value is -2.57. The number of aromatic nitrogens is 3. The van der Waals surface area contributed by atoms with Gasteiger partial charge in [-0.25, -0.2) is 4.98 Å². The fraction of sp³-hybridized carbons (Fsp3) is 0.143. The molecule has 7 heteroatoms. The van der Waals surface area contributed by atoms with Crippen molar-refractivity contribution in [3.63, 3.8) is 0 Å². The Bertz CT molecular complexity index is 803. The summed E-state index contributed by atoms with van der Waals surface area (Å²) in [5.74, 6) is -0.139. The molecule has 0 bridgehead atoms. The molecule has 0 saturated heterocycles. The van der Waals surface area contributed by atoms with E-state index in [-0.39, 0.29) is 22.5 Å². The molecule has 108 valence electrons. The largest absolute Gasteiger partial charge is 0.417 e. The van der Waals surface area contributed by atoms with Crippen LogP contribution in [0.5, 0.6) is 0 Å². The molecule has 2 aromatic heterocycles. The van der Waals surface area contributed by atoms with Crippen LogP contribution in [0.4, 0.5) is 19.0 Å². The molecule has 0 spiro atoms. The van der Waals surface area contributed by atoms with E-state index in [2.05, 4.69) is 15.2 Å². The van der Waals surface area contributed by atoms with Crippen LogP contribution in [0.2, 0.25) is 0 Å². The molecule has 0 fully saturated rings. The van der Waals surface area contributed by atoms with Crippen LogP contribution < -0.4 is 5.73 Å². The fourth-order valence-corrected chi connectivity index (χ4v) is 2.14. The van der Waals surface area contributed by atoms with E-state index in [1.807, 2.05) is 19.1 Å². The van der Waals surface area contributed by atoms with Crippen molar-refractivity contribution < 1.29 is 13.2 Å². The first-order valence-corrected chi connectivity index (χ1v) is 6.15. The number of nitrogens with two attached hydrogens (primary N) is 1. The Balaban J connectivity index is 2.28. The number of alkyl halides is 3. The molecule has 2 heterocycles. The molecule has 1 aromatic carbocycles. The lowest BCUT2D eigenvalue weighted by Gasteiger charge is -2.10. The first-order chi connectivity index (χ1) is 9.86. The van der Waals surface area contributed by atoms with Gasteiger partial charge in [0, 0.05) is 5.56 Å². The van der Waals surface area contributed by atoms with Crippen molar-refractivity contribution in [1.29, 1.82) is 0 Å². The van der Waals surface area contributed by atoms with Gasteiger partial charge < -0.3 is 5.73 Å². The molecule has 3 rings (SSSR count). The molecule has 0 aliphatic rings. The van der Waals surface area contributed by atoms with Gasteiger partial charge in [-0.05, 0) is 13.0 Å². The molecule has 0 atom stereocenters. The summed E-state index contributed by atoms with van der Waals surface area (Å²) in [6.45, 7) is 1.90. The van der Waals surface area contributed by atoms with E-state index in [1.54, 1.807) is 12.1 Å². The van der Waals surface area contributed by atoms with Crippen molar-refractivity contribution in [3.05, 3.63) is 41.5 Å². The highest BCUT2D eigenvalue weighted by Gasteiger charge is 2.35. The van der Waals surface area contributed by atoms with Crippen LogP contribution in [-0.4, -0.2) is 15.2 Å². The average molecular weight is 292 g/mol. The summed E-state index contributed by atoms with van der Waals surface area (Å²) in [6, 6.07) is 8.07. The number of fused-ring (bicyclic) bond motifs is 1. The second-order valence-corrected chi connectivity index (χ2v) is 4.75. The summed E-state index contributed by atoms with van der Waals surface area (Å²) >= 11 is 0. The van der Waals surface area contributed by atoms with E-state index < -0.39 is 11.7 Å². The van der Waals surface area contributed by atoms with Gasteiger partial charge in [0.1, 0.15) is 5.82 Å². The van der Waals surface area contributed by atoms with Crippen molar-refractivity contribution in [2.45, 2.75) is 13.1 Å². The number of nitrogens with one attached hydrogen (secondary N) is 1. The van der Waals surface area contributed by atoms with E-state index in [0.717, 1.165) is 11.6 Å². The number of benzene rings is 1. The van der Waals surface area contributed by atoms with Gasteiger partial charge in [0.05, 0.1) is 16.6 Å². The first-order valence-electron chi connectivity index (χ1n) is 6.15.